The summed E-state index contributed by atoms with van der Waals surface area (Å²) < 4.78 is 6.11. The zero-order valence-corrected chi connectivity index (χ0v) is 12.8. The third-order valence-electron chi connectivity index (χ3n) is 4.24. The Morgan fingerprint density at radius 3 is 2.75 bits per heavy atom. The molecule has 0 radical (unpaired) electrons. The van der Waals surface area contributed by atoms with Gasteiger partial charge < -0.3 is 15.4 Å². The van der Waals surface area contributed by atoms with Gasteiger partial charge in [-0.05, 0) is 70.4 Å². The number of hydrogen-bond donors (Lipinski definition) is 1. The highest BCUT2D eigenvalue weighted by Crippen LogP contribution is 2.23. The lowest BCUT2D eigenvalue weighted by atomic mass is 9.93. The van der Waals surface area contributed by atoms with Gasteiger partial charge in [-0.25, -0.2) is 0 Å². The summed E-state index contributed by atoms with van der Waals surface area (Å²) in [6, 6.07) is 8.50. The quantitative estimate of drug-likeness (QED) is 0.868. The van der Waals surface area contributed by atoms with Gasteiger partial charge in [-0.3, -0.25) is 0 Å². The van der Waals surface area contributed by atoms with Crippen molar-refractivity contribution in [2.24, 2.45) is 11.7 Å². The number of rotatable bonds is 6. The molecule has 1 aliphatic rings. The van der Waals surface area contributed by atoms with Crippen molar-refractivity contribution in [1.82, 2.24) is 4.90 Å². The molecule has 0 saturated carbocycles. The molecule has 20 heavy (non-hydrogen) atoms. The van der Waals surface area contributed by atoms with Crippen molar-refractivity contribution in [3.63, 3.8) is 0 Å². The molecule has 0 aromatic heterocycles. The summed E-state index contributed by atoms with van der Waals surface area (Å²) in [5.41, 5.74) is 6.88. The Balaban J connectivity index is 1.85. The molecule has 0 spiro atoms. The minimum absolute atomic E-state index is 0.285. The first-order chi connectivity index (χ1) is 9.69. The maximum absolute atomic E-state index is 6.11. The summed E-state index contributed by atoms with van der Waals surface area (Å²) in [5.74, 6) is 1.63. The highest BCUT2D eigenvalue weighted by Gasteiger charge is 2.23. The molecule has 1 heterocycles. The molecule has 1 aromatic carbocycles. The fourth-order valence-corrected chi connectivity index (χ4v) is 2.94. The second-order valence-electron chi connectivity index (χ2n) is 6.02. The molecule has 2 unspecified atom stereocenters. The van der Waals surface area contributed by atoms with Gasteiger partial charge in [-0.1, -0.05) is 12.1 Å². The largest absolute Gasteiger partial charge is 0.490 e. The molecular formula is C17H28N2O. The zero-order chi connectivity index (χ0) is 14.4. The molecular weight excluding hydrogens is 248 g/mol. The van der Waals surface area contributed by atoms with Crippen LogP contribution in [0.25, 0.3) is 0 Å². The monoisotopic (exact) mass is 276 g/mol. The van der Waals surface area contributed by atoms with E-state index in [4.69, 9.17) is 10.5 Å². The van der Waals surface area contributed by atoms with E-state index in [9.17, 15) is 0 Å². The fraction of sp³-hybridized carbons (Fsp3) is 0.647. The molecule has 1 aliphatic heterocycles. The number of aryl methyl sites for hydroxylation is 1. The lowest BCUT2D eigenvalue weighted by Crippen LogP contribution is -2.39. The number of nitrogens with zero attached hydrogens (tertiary/aromatic N) is 1. The lowest BCUT2D eigenvalue weighted by Gasteiger charge is -2.33. The van der Waals surface area contributed by atoms with Gasteiger partial charge in [0.1, 0.15) is 5.75 Å². The molecule has 2 atom stereocenters. The Hall–Kier alpha value is -1.06. The zero-order valence-electron chi connectivity index (χ0n) is 12.8. The molecule has 1 aromatic rings. The van der Waals surface area contributed by atoms with E-state index in [0.29, 0.717) is 5.92 Å². The Morgan fingerprint density at radius 2 is 2.10 bits per heavy atom. The number of benzene rings is 1. The van der Waals surface area contributed by atoms with E-state index in [0.717, 1.165) is 31.7 Å². The summed E-state index contributed by atoms with van der Waals surface area (Å²) in [6.07, 6.45) is 4.95. The molecule has 2 rings (SSSR count). The van der Waals surface area contributed by atoms with Crippen LogP contribution in [0.3, 0.4) is 0 Å². The van der Waals surface area contributed by atoms with Gasteiger partial charge >= 0.3 is 0 Å². The van der Waals surface area contributed by atoms with E-state index < -0.39 is 0 Å². The Morgan fingerprint density at radius 1 is 1.35 bits per heavy atom. The summed E-state index contributed by atoms with van der Waals surface area (Å²) in [6.45, 7) is 5.32. The van der Waals surface area contributed by atoms with Crippen LogP contribution in [0.15, 0.2) is 24.3 Å². The van der Waals surface area contributed by atoms with Crippen LogP contribution in [-0.4, -0.2) is 37.7 Å². The van der Waals surface area contributed by atoms with E-state index in [1.807, 2.05) is 0 Å². The van der Waals surface area contributed by atoms with E-state index in [-0.39, 0.29) is 6.10 Å². The first-order valence-electron chi connectivity index (χ1n) is 7.83. The number of nitrogens with two attached hydrogens (primary N) is 1. The van der Waals surface area contributed by atoms with Crippen molar-refractivity contribution in [3.8, 4) is 5.75 Å². The van der Waals surface area contributed by atoms with Crippen molar-refractivity contribution < 1.29 is 4.74 Å². The van der Waals surface area contributed by atoms with Crippen molar-refractivity contribution in [2.45, 2.75) is 38.7 Å². The van der Waals surface area contributed by atoms with Crippen LogP contribution in [0.2, 0.25) is 0 Å². The molecule has 3 nitrogen and oxygen atoms in total. The van der Waals surface area contributed by atoms with Crippen LogP contribution in [0.4, 0.5) is 0 Å². The maximum atomic E-state index is 6.11. The van der Waals surface area contributed by atoms with E-state index in [1.165, 1.54) is 24.9 Å². The number of piperidine rings is 1. The standard InChI is InChI=1S/C17H28N2O/c1-14(16-6-4-12-19(2)13-16)20-17-9-7-15(8-10-17)5-3-11-18/h7-10,14,16H,3-6,11-13,18H2,1-2H3. The van der Waals surface area contributed by atoms with Crippen molar-refractivity contribution >= 4 is 0 Å². The molecule has 2 N–H and O–H groups in total. The van der Waals surface area contributed by atoms with Crippen LogP contribution >= 0.6 is 0 Å². The van der Waals surface area contributed by atoms with Crippen molar-refractivity contribution in [1.29, 1.82) is 0 Å². The Labute approximate surface area is 123 Å². The highest BCUT2D eigenvalue weighted by atomic mass is 16.5. The van der Waals surface area contributed by atoms with Crippen LogP contribution in [0.1, 0.15) is 31.7 Å². The number of likely N-dealkylation sites (tertiary alicyclic amines) is 1. The van der Waals surface area contributed by atoms with Crippen LogP contribution in [0, 0.1) is 5.92 Å². The van der Waals surface area contributed by atoms with Gasteiger partial charge in [-0.2, -0.15) is 0 Å². The third kappa shape index (κ3) is 4.50. The van der Waals surface area contributed by atoms with E-state index in [1.54, 1.807) is 0 Å². The molecule has 1 fully saturated rings. The maximum Gasteiger partial charge on any atom is 0.119 e. The minimum Gasteiger partial charge on any atom is -0.490 e. The predicted molar refractivity (Wildman–Crippen MR) is 84.1 cm³/mol. The third-order valence-corrected chi connectivity index (χ3v) is 4.24. The molecule has 112 valence electrons. The SMILES string of the molecule is CC(Oc1ccc(CCCN)cc1)C1CCCN(C)C1. The summed E-state index contributed by atoms with van der Waals surface area (Å²) in [4.78, 5) is 2.41. The summed E-state index contributed by atoms with van der Waals surface area (Å²) in [5, 5.41) is 0. The fourth-order valence-electron chi connectivity index (χ4n) is 2.94. The second-order valence-corrected chi connectivity index (χ2v) is 6.02. The molecule has 0 aliphatic carbocycles. The Kier molecular flexibility index (Phi) is 5.86. The first-order valence-corrected chi connectivity index (χ1v) is 7.83. The van der Waals surface area contributed by atoms with Gasteiger partial charge in [0.15, 0.2) is 0 Å². The van der Waals surface area contributed by atoms with E-state index in [2.05, 4.69) is 43.1 Å². The number of ether oxygens (including phenoxy) is 1. The van der Waals surface area contributed by atoms with Gasteiger partial charge in [-0.15, -0.1) is 0 Å². The molecule has 3 heteroatoms. The Bertz CT molecular complexity index is 390. The lowest BCUT2D eigenvalue weighted by molar-refractivity contribution is 0.0901. The normalized spacial score (nSPS) is 21.6. The first kappa shape index (κ1) is 15.3. The van der Waals surface area contributed by atoms with Crippen LogP contribution in [0.5, 0.6) is 5.75 Å². The predicted octanol–water partition coefficient (Wildman–Crippen LogP) is 2.69. The van der Waals surface area contributed by atoms with E-state index >= 15 is 0 Å². The molecule has 0 bridgehead atoms. The van der Waals surface area contributed by atoms with Crippen molar-refractivity contribution in [3.05, 3.63) is 29.8 Å². The minimum atomic E-state index is 0.285. The van der Waals surface area contributed by atoms with Gasteiger partial charge in [0, 0.05) is 12.5 Å². The van der Waals surface area contributed by atoms with Crippen LogP contribution in [-0.2, 0) is 6.42 Å². The highest BCUT2D eigenvalue weighted by molar-refractivity contribution is 5.27. The van der Waals surface area contributed by atoms with Gasteiger partial charge in [0.25, 0.3) is 0 Å². The van der Waals surface area contributed by atoms with Crippen molar-refractivity contribution in [2.75, 3.05) is 26.7 Å². The average molecular weight is 276 g/mol. The van der Waals surface area contributed by atoms with Crippen LogP contribution < -0.4 is 10.5 Å². The topological polar surface area (TPSA) is 38.5 Å². The molecule has 0 amide bonds. The average Bonchev–Trinajstić information content (AvgIpc) is 2.46. The summed E-state index contributed by atoms with van der Waals surface area (Å²) in [7, 11) is 2.20. The van der Waals surface area contributed by atoms with Gasteiger partial charge in [0.2, 0.25) is 0 Å². The number of hydrogen-bond acceptors (Lipinski definition) is 3. The smallest absolute Gasteiger partial charge is 0.119 e. The summed E-state index contributed by atoms with van der Waals surface area (Å²) >= 11 is 0. The second kappa shape index (κ2) is 7.65. The molecule has 1 saturated heterocycles. The van der Waals surface area contributed by atoms with Gasteiger partial charge in [0.05, 0.1) is 6.10 Å².